The lowest BCUT2D eigenvalue weighted by atomic mass is 10.1. The van der Waals surface area contributed by atoms with E-state index in [-0.39, 0.29) is 0 Å². The third kappa shape index (κ3) is 2.41. The molecule has 0 amide bonds. The Bertz CT molecular complexity index is 467. The van der Waals surface area contributed by atoms with Crippen molar-refractivity contribution in [2.45, 2.75) is 25.3 Å². The predicted molar refractivity (Wildman–Crippen MR) is 67.9 cm³/mol. The normalized spacial score (nSPS) is 20.3. The van der Waals surface area contributed by atoms with E-state index in [9.17, 15) is 0 Å². The highest BCUT2D eigenvalue weighted by Gasteiger charge is 2.25. The average molecular weight is 243 g/mol. The van der Waals surface area contributed by atoms with Crippen molar-refractivity contribution in [3.05, 3.63) is 42.0 Å². The zero-order chi connectivity index (χ0) is 12.2. The molecular formula is C13H17N5. The molecule has 0 saturated carbocycles. The number of aromatic amines is 1. The van der Waals surface area contributed by atoms with E-state index in [1.54, 1.807) is 6.20 Å². The smallest absolute Gasteiger partial charge is 0.0837 e. The van der Waals surface area contributed by atoms with Gasteiger partial charge in [-0.15, -0.1) is 0 Å². The van der Waals surface area contributed by atoms with Crippen LogP contribution in [-0.4, -0.2) is 38.4 Å². The number of hydrogen-bond acceptors (Lipinski definition) is 4. The fourth-order valence-electron chi connectivity index (χ4n) is 2.65. The van der Waals surface area contributed by atoms with Crippen molar-refractivity contribution >= 4 is 0 Å². The molecule has 1 atom stereocenters. The maximum absolute atomic E-state index is 4.22. The molecule has 1 fully saturated rings. The Morgan fingerprint density at radius 2 is 2.39 bits per heavy atom. The second-order valence-corrected chi connectivity index (χ2v) is 4.69. The summed E-state index contributed by atoms with van der Waals surface area (Å²) in [5, 5.41) is 10.6. The molecule has 1 aliphatic heterocycles. The minimum atomic E-state index is 0.519. The van der Waals surface area contributed by atoms with E-state index in [4.69, 9.17) is 0 Å². The second kappa shape index (κ2) is 5.27. The summed E-state index contributed by atoms with van der Waals surface area (Å²) in [5.74, 6) is 0. The van der Waals surface area contributed by atoms with Crippen molar-refractivity contribution in [2.24, 2.45) is 0 Å². The van der Waals surface area contributed by atoms with Crippen molar-refractivity contribution in [1.82, 2.24) is 25.3 Å². The lowest BCUT2D eigenvalue weighted by Crippen LogP contribution is -2.25. The van der Waals surface area contributed by atoms with Crippen LogP contribution in [0, 0.1) is 0 Å². The summed E-state index contributed by atoms with van der Waals surface area (Å²) in [6.45, 7) is 2.20. The first kappa shape index (κ1) is 11.3. The molecule has 1 unspecified atom stereocenters. The molecule has 5 nitrogen and oxygen atoms in total. The SMILES string of the molecule is c1cncc(C2CCCN2CCc2cn[nH]n2)c1. The first-order chi connectivity index (χ1) is 8.93. The Balaban J connectivity index is 1.65. The number of nitrogens with one attached hydrogen (secondary N) is 1. The third-order valence-corrected chi connectivity index (χ3v) is 3.55. The summed E-state index contributed by atoms with van der Waals surface area (Å²) in [6.07, 6.45) is 9.06. The number of pyridine rings is 1. The molecule has 2 aromatic rings. The molecule has 5 heteroatoms. The number of rotatable bonds is 4. The first-order valence-corrected chi connectivity index (χ1v) is 6.42. The molecule has 1 N–H and O–H groups in total. The molecule has 1 saturated heterocycles. The molecule has 0 radical (unpaired) electrons. The molecule has 3 rings (SSSR count). The highest BCUT2D eigenvalue weighted by Crippen LogP contribution is 2.31. The summed E-state index contributed by atoms with van der Waals surface area (Å²) >= 11 is 0. The van der Waals surface area contributed by atoms with Gasteiger partial charge in [0.25, 0.3) is 0 Å². The lowest BCUT2D eigenvalue weighted by Gasteiger charge is -2.24. The lowest BCUT2D eigenvalue weighted by molar-refractivity contribution is 0.259. The van der Waals surface area contributed by atoms with Crippen molar-refractivity contribution in [3.8, 4) is 0 Å². The zero-order valence-corrected chi connectivity index (χ0v) is 10.3. The molecule has 2 aromatic heterocycles. The van der Waals surface area contributed by atoms with Gasteiger partial charge < -0.3 is 0 Å². The quantitative estimate of drug-likeness (QED) is 0.885. The molecule has 0 aliphatic carbocycles. The predicted octanol–water partition coefficient (Wildman–Crippen LogP) is 1.58. The van der Waals surface area contributed by atoms with E-state index in [1.165, 1.54) is 18.4 Å². The summed E-state index contributed by atoms with van der Waals surface area (Å²) in [7, 11) is 0. The number of aromatic nitrogens is 4. The van der Waals surface area contributed by atoms with Crippen molar-refractivity contribution in [3.63, 3.8) is 0 Å². The first-order valence-electron chi connectivity index (χ1n) is 6.42. The van der Waals surface area contributed by atoms with Gasteiger partial charge in [-0.1, -0.05) is 6.07 Å². The molecule has 0 aromatic carbocycles. The maximum atomic E-state index is 4.22. The van der Waals surface area contributed by atoms with E-state index < -0.39 is 0 Å². The van der Waals surface area contributed by atoms with E-state index in [0.29, 0.717) is 6.04 Å². The summed E-state index contributed by atoms with van der Waals surface area (Å²) in [6, 6.07) is 4.71. The van der Waals surface area contributed by atoms with Crippen LogP contribution in [0.3, 0.4) is 0 Å². The van der Waals surface area contributed by atoms with Gasteiger partial charge in [0.15, 0.2) is 0 Å². The molecular weight excluding hydrogens is 226 g/mol. The largest absolute Gasteiger partial charge is 0.296 e. The van der Waals surface area contributed by atoms with Crippen LogP contribution >= 0.6 is 0 Å². The Kier molecular flexibility index (Phi) is 3.32. The standard InChI is InChI=1S/C13H17N5/c1-3-11(9-14-6-1)13-4-2-7-18(13)8-5-12-10-15-17-16-12/h1,3,6,9-10,13H,2,4-5,7-8H2,(H,15,16,17). The van der Waals surface area contributed by atoms with Gasteiger partial charge in [-0.2, -0.15) is 15.4 Å². The van der Waals surface area contributed by atoms with Gasteiger partial charge in [-0.05, 0) is 31.0 Å². The molecule has 94 valence electrons. The van der Waals surface area contributed by atoms with Gasteiger partial charge in [0, 0.05) is 31.4 Å². The van der Waals surface area contributed by atoms with E-state index >= 15 is 0 Å². The van der Waals surface area contributed by atoms with Crippen LogP contribution in [0.25, 0.3) is 0 Å². The maximum Gasteiger partial charge on any atom is 0.0837 e. The number of hydrogen-bond donors (Lipinski definition) is 1. The Hall–Kier alpha value is -1.75. The van der Waals surface area contributed by atoms with Gasteiger partial charge in [0.05, 0.1) is 11.9 Å². The molecule has 1 aliphatic rings. The van der Waals surface area contributed by atoms with Crippen molar-refractivity contribution in [1.29, 1.82) is 0 Å². The van der Waals surface area contributed by atoms with Gasteiger partial charge in [-0.25, -0.2) is 0 Å². The van der Waals surface area contributed by atoms with Gasteiger partial charge in [0.1, 0.15) is 0 Å². The zero-order valence-electron chi connectivity index (χ0n) is 10.3. The summed E-state index contributed by atoms with van der Waals surface area (Å²) in [5.41, 5.74) is 2.36. The minimum Gasteiger partial charge on any atom is -0.296 e. The second-order valence-electron chi connectivity index (χ2n) is 4.69. The van der Waals surface area contributed by atoms with Crippen LogP contribution in [-0.2, 0) is 6.42 Å². The van der Waals surface area contributed by atoms with Gasteiger partial charge in [0.2, 0.25) is 0 Å². The van der Waals surface area contributed by atoms with Crippen molar-refractivity contribution < 1.29 is 0 Å². The summed E-state index contributed by atoms with van der Waals surface area (Å²) in [4.78, 5) is 6.74. The highest BCUT2D eigenvalue weighted by molar-refractivity contribution is 5.15. The molecule has 18 heavy (non-hydrogen) atoms. The van der Waals surface area contributed by atoms with Crippen LogP contribution in [0.5, 0.6) is 0 Å². The molecule has 0 bridgehead atoms. The van der Waals surface area contributed by atoms with E-state index in [0.717, 1.165) is 25.2 Å². The van der Waals surface area contributed by atoms with Crippen LogP contribution in [0.4, 0.5) is 0 Å². The molecule has 3 heterocycles. The third-order valence-electron chi connectivity index (χ3n) is 3.55. The highest BCUT2D eigenvalue weighted by atomic mass is 15.3. The summed E-state index contributed by atoms with van der Waals surface area (Å²) < 4.78 is 0. The topological polar surface area (TPSA) is 57.7 Å². The fourth-order valence-corrected chi connectivity index (χ4v) is 2.65. The van der Waals surface area contributed by atoms with Gasteiger partial charge in [-0.3, -0.25) is 9.88 Å². The number of likely N-dealkylation sites (tertiary alicyclic amines) is 1. The van der Waals surface area contributed by atoms with Crippen LogP contribution in [0.15, 0.2) is 30.7 Å². The van der Waals surface area contributed by atoms with E-state index in [1.807, 2.05) is 18.5 Å². The van der Waals surface area contributed by atoms with Crippen LogP contribution < -0.4 is 0 Å². The Morgan fingerprint density at radius 1 is 1.39 bits per heavy atom. The van der Waals surface area contributed by atoms with Crippen molar-refractivity contribution in [2.75, 3.05) is 13.1 Å². The van der Waals surface area contributed by atoms with Crippen LogP contribution in [0.1, 0.15) is 30.1 Å². The number of H-pyrrole nitrogens is 1. The van der Waals surface area contributed by atoms with Crippen LogP contribution in [0.2, 0.25) is 0 Å². The minimum absolute atomic E-state index is 0.519. The monoisotopic (exact) mass is 243 g/mol. The molecule has 0 spiro atoms. The van der Waals surface area contributed by atoms with Gasteiger partial charge >= 0.3 is 0 Å². The number of nitrogens with zero attached hydrogens (tertiary/aromatic N) is 4. The van der Waals surface area contributed by atoms with E-state index in [2.05, 4.69) is 31.4 Å². The Labute approximate surface area is 106 Å². The fraction of sp³-hybridized carbons (Fsp3) is 0.462. The average Bonchev–Trinajstić information content (AvgIpc) is 3.09. The Morgan fingerprint density at radius 3 is 3.17 bits per heavy atom.